The topological polar surface area (TPSA) is 111 Å². The first kappa shape index (κ1) is 18.9. The number of anilines is 1. The van der Waals surface area contributed by atoms with Gasteiger partial charge < -0.3 is 15.2 Å². The lowest BCUT2D eigenvalue weighted by atomic mass is 10.1. The summed E-state index contributed by atoms with van der Waals surface area (Å²) in [6.07, 6.45) is 5.80. The van der Waals surface area contributed by atoms with Crippen LogP contribution in [0.15, 0.2) is 27.9 Å². The molecule has 1 aliphatic heterocycles. The molecule has 0 aromatic carbocycles. The number of carbonyl (C=O) groups excluding carboxylic acids is 1. The van der Waals surface area contributed by atoms with E-state index in [1.54, 1.807) is 13.1 Å². The van der Waals surface area contributed by atoms with Gasteiger partial charge in [-0.05, 0) is 38.7 Å². The molecule has 0 unspecified atom stereocenters. The molecule has 1 aliphatic rings. The number of carbonyl (C=O) groups is 1. The third-order valence-corrected chi connectivity index (χ3v) is 4.86. The number of nitrogens with one attached hydrogen (secondary N) is 3. The fourth-order valence-electron chi connectivity index (χ4n) is 3.41. The quantitative estimate of drug-likeness (QED) is 0.702. The third-order valence-electron chi connectivity index (χ3n) is 4.86. The number of aromatic amines is 2. The Hall–Kier alpha value is -2.90. The fourth-order valence-corrected chi connectivity index (χ4v) is 3.41. The lowest BCUT2D eigenvalue weighted by molar-refractivity contribution is -0.121. The number of H-pyrrole nitrogens is 2. The number of aryl methyl sites for hydroxylation is 1. The summed E-state index contributed by atoms with van der Waals surface area (Å²) < 4.78 is 0. The van der Waals surface area contributed by atoms with Gasteiger partial charge in [0, 0.05) is 49.1 Å². The molecule has 1 amide bonds. The van der Waals surface area contributed by atoms with Crippen molar-refractivity contribution in [3.63, 3.8) is 0 Å². The van der Waals surface area contributed by atoms with Crippen molar-refractivity contribution >= 4 is 11.7 Å². The molecule has 3 rings (SSSR count). The van der Waals surface area contributed by atoms with Crippen LogP contribution in [0.25, 0.3) is 0 Å². The largest absolute Gasteiger partial charge is 0.356 e. The number of amides is 1. The van der Waals surface area contributed by atoms with Crippen molar-refractivity contribution in [2.45, 2.75) is 45.6 Å². The summed E-state index contributed by atoms with van der Waals surface area (Å²) in [5.74, 6) is 0.791. The Labute approximate surface area is 157 Å². The van der Waals surface area contributed by atoms with Gasteiger partial charge in [0.25, 0.3) is 5.56 Å². The molecule has 2 aromatic rings. The molecule has 144 valence electrons. The molecule has 3 N–H and O–H groups in total. The van der Waals surface area contributed by atoms with Crippen molar-refractivity contribution in [2.75, 3.05) is 18.0 Å². The summed E-state index contributed by atoms with van der Waals surface area (Å²) in [6.45, 7) is 4.04. The van der Waals surface area contributed by atoms with Crippen LogP contribution in [0.2, 0.25) is 0 Å². The lowest BCUT2D eigenvalue weighted by Gasteiger charge is -2.29. The van der Waals surface area contributed by atoms with Crippen molar-refractivity contribution in [1.82, 2.24) is 20.3 Å². The van der Waals surface area contributed by atoms with E-state index in [2.05, 4.69) is 25.2 Å². The maximum absolute atomic E-state index is 12.2. The molecular formula is C19H25N5O3. The highest BCUT2D eigenvalue weighted by Crippen LogP contribution is 2.21. The van der Waals surface area contributed by atoms with Crippen molar-refractivity contribution in [2.24, 2.45) is 0 Å². The van der Waals surface area contributed by atoms with E-state index in [4.69, 9.17) is 0 Å². The molecule has 0 aliphatic carbocycles. The third kappa shape index (κ3) is 4.84. The van der Waals surface area contributed by atoms with Gasteiger partial charge in [0.1, 0.15) is 5.82 Å². The van der Waals surface area contributed by atoms with Gasteiger partial charge in [-0.15, -0.1) is 0 Å². The first-order valence-corrected chi connectivity index (χ1v) is 9.32. The number of rotatable bonds is 6. The van der Waals surface area contributed by atoms with Crippen LogP contribution < -0.4 is 21.5 Å². The van der Waals surface area contributed by atoms with Crippen LogP contribution in [-0.2, 0) is 17.8 Å². The number of pyridine rings is 1. The summed E-state index contributed by atoms with van der Waals surface area (Å²) in [4.78, 5) is 46.8. The second-order valence-corrected chi connectivity index (χ2v) is 6.82. The van der Waals surface area contributed by atoms with Crippen LogP contribution in [0.5, 0.6) is 0 Å². The Bertz CT molecular complexity index is 912. The van der Waals surface area contributed by atoms with Crippen LogP contribution in [0.4, 0.5) is 5.82 Å². The molecule has 0 radical (unpaired) electrons. The normalized spacial score (nSPS) is 14.2. The minimum atomic E-state index is -0.535. The zero-order chi connectivity index (χ0) is 19.2. The van der Waals surface area contributed by atoms with Gasteiger partial charge in [-0.2, -0.15) is 0 Å². The number of hydrogen-bond donors (Lipinski definition) is 3. The molecule has 8 heteroatoms. The highest BCUT2D eigenvalue weighted by molar-refractivity contribution is 5.76. The van der Waals surface area contributed by atoms with Crippen LogP contribution in [0.1, 0.15) is 42.5 Å². The first-order valence-electron chi connectivity index (χ1n) is 9.32. The Morgan fingerprint density at radius 1 is 1.22 bits per heavy atom. The SMILES string of the molecule is Cc1[nH]c(=O)[nH]c(=O)c1CCC(=O)NCc1cccnc1N1CCCCC1. The predicted molar refractivity (Wildman–Crippen MR) is 103 cm³/mol. The van der Waals surface area contributed by atoms with E-state index in [1.165, 1.54) is 6.42 Å². The Kier molecular flexibility index (Phi) is 6.05. The van der Waals surface area contributed by atoms with Gasteiger partial charge in [-0.25, -0.2) is 9.78 Å². The van der Waals surface area contributed by atoms with Crippen molar-refractivity contribution in [3.8, 4) is 0 Å². The van der Waals surface area contributed by atoms with E-state index in [9.17, 15) is 14.4 Å². The van der Waals surface area contributed by atoms with Crippen LogP contribution in [0.3, 0.4) is 0 Å². The molecule has 2 aromatic heterocycles. The minimum absolute atomic E-state index is 0.145. The molecule has 0 atom stereocenters. The second-order valence-electron chi connectivity index (χ2n) is 6.82. The van der Waals surface area contributed by atoms with E-state index in [0.717, 1.165) is 37.3 Å². The minimum Gasteiger partial charge on any atom is -0.356 e. The Morgan fingerprint density at radius 2 is 2.00 bits per heavy atom. The Morgan fingerprint density at radius 3 is 2.74 bits per heavy atom. The highest BCUT2D eigenvalue weighted by Gasteiger charge is 2.16. The van der Waals surface area contributed by atoms with E-state index < -0.39 is 11.2 Å². The smallest absolute Gasteiger partial charge is 0.325 e. The van der Waals surface area contributed by atoms with E-state index in [0.29, 0.717) is 17.8 Å². The molecule has 1 saturated heterocycles. The maximum Gasteiger partial charge on any atom is 0.325 e. The molecular weight excluding hydrogens is 346 g/mol. The monoisotopic (exact) mass is 371 g/mol. The van der Waals surface area contributed by atoms with Gasteiger partial charge in [0.2, 0.25) is 5.91 Å². The average Bonchev–Trinajstić information content (AvgIpc) is 2.66. The summed E-state index contributed by atoms with van der Waals surface area (Å²) in [6, 6.07) is 3.85. The van der Waals surface area contributed by atoms with Gasteiger partial charge in [-0.1, -0.05) is 6.07 Å². The predicted octanol–water partition coefficient (Wildman–Crippen LogP) is 1.01. The molecule has 3 heterocycles. The van der Waals surface area contributed by atoms with Gasteiger partial charge in [0.15, 0.2) is 0 Å². The van der Waals surface area contributed by atoms with Crippen molar-refractivity contribution in [3.05, 3.63) is 56.0 Å². The number of nitrogens with zero attached hydrogens (tertiary/aromatic N) is 2. The maximum atomic E-state index is 12.2. The standard InChI is InChI=1S/C19H25N5O3/c1-13-15(18(26)23-19(27)22-13)7-8-16(25)21-12-14-6-5-9-20-17(14)24-10-3-2-4-11-24/h5-6,9H,2-4,7-8,10-12H2,1H3,(H,21,25)(H2,22,23,26,27). The van der Waals surface area contributed by atoms with Crippen LogP contribution >= 0.6 is 0 Å². The highest BCUT2D eigenvalue weighted by atomic mass is 16.2. The van der Waals surface area contributed by atoms with E-state index >= 15 is 0 Å². The molecule has 27 heavy (non-hydrogen) atoms. The lowest BCUT2D eigenvalue weighted by Crippen LogP contribution is -2.32. The summed E-state index contributed by atoms with van der Waals surface area (Å²) in [5.41, 5.74) is 0.943. The number of aromatic nitrogens is 3. The molecule has 0 spiro atoms. The summed E-state index contributed by atoms with van der Waals surface area (Å²) in [5, 5.41) is 2.91. The molecule has 0 bridgehead atoms. The number of hydrogen-bond acceptors (Lipinski definition) is 5. The van der Waals surface area contributed by atoms with Gasteiger partial charge >= 0.3 is 5.69 Å². The van der Waals surface area contributed by atoms with Crippen LogP contribution in [0, 0.1) is 6.92 Å². The fraction of sp³-hybridized carbons (Fsp3) is 0.474. The van der Waals surface area contributed by atoms with Crippen LogP contribution in [-0.4, -0.2) is 33.9 Å². The van der Waals surface area contributed by atoms with Gasteiger partial charge in [0.05, 0.1) is 0 Å². The molecule has 0 saturated carbocycles. The van der Waals surface area contributed by atoms with E-state index in [1.807, 2.05) is 12.1 Å². The average molecular weight is 371 g/mol. The molecule has 8 nitrogen and oxygen atoms in total. The van der Waals surface area contributed by atoms with E-state index in [-0.39, 0.29) is 18.7 Å². The zero-order valence-corrected chi connectivity index (χ0v) is 15.5. The second kappa shape index (κ2) is 8.66. The summed E-state index contributed by atoms with van der Waals surface area (Å²) >= 11 is 0. The molecule has 1 fully saturated rings. The van der Waals surface area contributed by atoms with Crippen molar-refractivity contribution < 1.29 is 4.79 Å². The van der Waals surface area contributed by atoms with Gasteiger partial charge in [-0.3, -0.25) is 14.6 Å². The van der Waals surface area contributed by atoms with Crippen molar-refractivity contribution in [1.29, 1.82) is 0 Å². The summed E-state index contributed by atoms with van der Waals surface area (Å²) in [7, 11) is 0. The number of piperidine rings is 1. The first-order chi connectivity index (χ1) is 13.0. The Balaban J connectivity index is 1.59. The zero-order valence-electron chi connectivity index (χ0n) is 15.5.